The minimum absolute atomic E-state index is 0.309. The van der Waals surface area contributed by atoms with Crippen LogP contribution in [-0.4, -0.2) is 21.8 Å². The Hall–Kier alpha value is -1.26. The first-order valence-corrected chi connectivity index (χ1v) is 5.47. The Morgan fingerprint density at radius 1 is 1.38 bits per heavy atom. The summed E-state index contributed by atoms with van der Waals surface area (Å²) in [6.45, 7) is 2.39. The van der Waals surface area contributed by atoms with Crippen LogP contribution in [-0.2, 0) is 0 Å². The number of hydrogen-bond acceptors (Lipinski definition) is 3. The molecular weight excluding hydrogens is 249 g/mol. The van der Waals surface area contributed by atoms with Crippen LogP contribution in [0.4, 0.5) is 0 Å². The molecule has 0 atom stereocenters. The van der Waals surface area contributed by atoms with Gasteiger partial charge in [-0.05, 0) is 25.1 Å². The van der Waals surface area contributed by atoms with Crippen molar-refractivity contribution in [1.29, 1.82) is 0 Å². The molecule has 1 aromatic heterocycles. The van der Waals surface area contributed by atoms with Gasteiger partial charge in [0.25, 0.3) is 0 Å². The molecule has 2 aromatic rings. The zero-order chi connectivity index (χ0) is 11.5. The molecule has 0 spiro atoms. The zero-order valence-corrected chi connectivity index (χ0v) is 10.0. The van der Waals surface area contributed by atoms with E-state index < -0.39 is 0 Å². The van der Waals surface area contributed by atoms with Crippen LogP contribution < -0.4 is 4.74 Å². The first-order chi connectivity index (χ1) is 7.70. The summed E-state index contributed by atoms with van der Waals surface area (Å²) in [5.74, 6) is 0.560. The van der Waals surface area contributed by atoms with Crippen LogP contribution in [0.15, 0.2) is 18.2 Å². The van der Waals surface area contributed by atoms with E-state index in [-0.39, 0.29) is 0 Å². The minimum atomic E-state index is 0.309. The molecule has 1 heterocycles. The second-order valence-electron chi connectivity index (χ2n) is 3.02. The average molecular weight is 258 g/mol. The lowest BCUT2D eigenvalue weighted by molar-refractivity contribution is 0.314. The summed E-state index contributed by atoms with van der Waals surface area (Å²) < 4.78 is 5.15. The third-order valence-electron chi connectivity index (χ3n) is 1.92. The molecule has 1 aromatic carbocycles. The normalized spacial score (nSPS) is 10.4. The summed E-state index contributed by atoms with van der Waals surface area (Å²) in [4.78, 5) is 4.14. The van der Waals surface area contributed by atoms with Crippen molar-refractivity contribution < 1.29 is 4.74 Å². The maximum Gasteiger partial charge on any atom is 0.335 e. The monoisotopic (exact) mass is 257 g/mol. The van der Waals surface area contributed by atoms with Gasteiger partial charge < -0.3 is 4.74 Å². The van der Waals surface area contributed by atoms with Crippen molar-refractivity contribution >= 4 is 23.2 Å². The van der Waals surface area contributed by atoms with Gasteiger partial charge in [0, 0.05) is 10.6 Å². The summed E-state index contributed by atoms with van der Waals surface area (Å²) in [5, 5.41) is 7.75. The molecule has 0 aliphatic heterocycles. The number of nitrogens with one attached hydrogen (secondary N) is 1. The van der Waals surface area contributed by atoms with Crippen molar-refractivity contribution in [3.05, 3.63) is 28.2 Å². The van der Waals surface area contributed by atoms with E-state index in [1.54, 1.807) is 18.2 Å². The fourth-order valence-electron chi connectivity index (χ4n) is 1.24. The highest BCUT2D eigenvalue weighted by Crippen LogP contribution is 2.28. The Morgan fingerprint density at radius 3 is 2.88 bits per heavy atom. The van der Waals surface area contributed by atoms with Gasteiger partial charge in [-0.25, -0.2) is 0 Å². The van der Waals surface area contributed by atoms with Crippen molar-refractivity contribution in [2.45, 2.75) is 6.92 Å². The standard InChI is InChI=1S/C10H9Cl2N3O/c1-2-16-10-13-9(14-15-10)7-4-3-6(11)5-8(7)12/h3-5H,2H2,1H3,(H,13,14,15). The molecule has 84 valence electrons. The molecule has 6 heteroatoms. The quantitative estimate of drug-likeness (QED) is 0.919. The van der Waals surface area contributed by atoms with Gasteiger partial charge in [0.2, 0.25) is 0 Å². The van der Waals surface area contributed by atoms with E-state index >= 15 is 0 Å². The van der Waals surface area contributed by atoms with Crippen LogP contribution in [0.2, 0.25) is 10.0 Å². The highest BCUT2D eigenvalue weighted by Gasteiger charge is 2.09. The van der Waals surface area contributed by atoms with Crippen molar-refractivity contribution in [3.8, 4) is 17.4 Å². The van der Waals surface area contributed by atoms with Crippen LogP contribution in [0.5, 0.6) is 6.01 Å². The lowest BCUT2D eigenvalue weighted by atomic mass is 10.2. The Morgan fingerprint density at radius 2 is 2.19 bits per heavy atom. The number of nitrogens with zero attached hydrogens (tertiary/aromatic N) is 2. The van der Waals surface area contributed by atoms with E-state index in [9.17, 15) is 0 Å². The van der Waals surface area contributed by atoms with Crippen molar-refractivity contribution in [2.24, 2.45) is 0 Å². The highest BCUT2D eigenvalue weighted by molar-refractivity contribution is 6.36. The number of H-pyrrole nitrogens is 1. The Bertz CT molecular complexity index is 499. The molecule has 0 aliphatic rings. The number of ether oxygens (including phenoxy) is 1. The molecule has 0 saturated heterocycles. The van der Waals surface area contributed by atoms with E-state index in [0.29, 0.717) is 28.5 Å². The third-order valence-corrected chi connectivity index (χ3v) is 2.47. The number of halogens is 2. The molecule has 0 radical (unpaired) electrons. The molecule has 1 N–H and O–H groups in total. The van der Waals surface area contributed by atoms with Crippen molar-refractivity contribution in [3.63, 3.8) is 0 Å². The zero-order valence-electron chi connectivity index (χ0n) is 8.50. The van der Waals surface area contributed by atoms with Gasteiger partial charge >= 0.3 is 6.01 Å². The van der Waals surface area contributed by atoms with Crippen LogP contribution in [0.3, 0.4) is 0 Å². The second kappa shape index (κ2) is 4.72. The molecule has 4 nitrogen and oxygen atoms in total. The first-order valence-electron chi connectivity index (χ1n) is 4.71. The third kappa shape index (κ3) is 2.28. The molecular formula is C10H9Cl2N3O. The van der Waals surface area contributed by atoms with Gasteiger partial charge in [0.1, 0.15) is 0 Å². The topological polar surface area (TPSA) is 50.8 Å². The predicted octanol–water partition coefficient (Wildman–Crippen LogP) is 3.18. The molecule has 0 unspecified atom stereocenters. The number of rotatable bonds is 3. The molecule has 16 heavy (non-hydrogen) atoms. The Labute approximate surface area is 103 Å². The van der Waals surface area contributed by atoms with Gasteiger partial charge in [-0.1, -0.05) is 23.2 Å². The maximum atomic E-state index is 6.04. The van der Waals surface area contributed by atoms with Crippen LogP contribution >= 0.6 is 23.2 Å². The van der Waals surface area contributed by atoms with Gasteiger partial charge in [-0.3, -0.25) is 5.10 Å². The Balaban J connectivity index is 2.35. The molecule has 2 rings (SSSR count). The second-order valence-corrected chi connectivity index (χ2v) is 3.87. The lowest BCUT2D eigenvalue weighted by Gasteiger charge is -1.99. The van der Waals surface area contributed by atoms with Gasteiger partial charge in [0.05, 0.1) is 11.6 Å². The molecule has 0 aliphatic carbocycles. The summed E-state index contributed by atoms with van der Waals surface area (Å²) >= 11 is 11.8. The maximum absolute atomic E-state index is 6.04. The number of aromatic amines is 1. The van der Waals surface area contributed by atoms with Gasteiger partial charge in [0.15, 0.2) is 5.82 Å². The first kappa shape index (κ1) is 11.2. The van der Waals surface area contributed by atoms with E-state index in [0.717, 1.165) is 5.56 Å². The van der Waals surface area contributed by atoms with Crippen molar-refractivity contribution in [1.82, 2.24) is 15.2 Å². The number of hydrogen-bond donors (Lipinski definition) is 1. The lowest BCUT2D eigenvalue weighted by Crippen LogP contribution is -1.92. The highest BCUT2D eigenvalue weighted by atomic mass is 35.5. The number of benzene rings is 1. The smallest absolute Gasteiger partial charge is 0.335 e. The number of aromatic nitrogens is 3. The van der Waals surface area contributed by atoms with E-state index in [4.69, 9.17) is 27.9 Å². The van der Waals surface area contributed by atoms with E-state index in [1.165, 1.54) is 0 Å². The molecule has 0 amide bonds. The SMILES string of the molecule is CCOc1n[nH]c(-c2ccc(Cl)cc2Cl)n1. The summed E-state index contributed by atoms with van der Waals surface area (Å²) in [5.41, 5.74) is 0.740. The fraction of sp³-hybridized carbons (Fsp3) is 0.200. The van der Waals surface area contributed by atoms with Crippen LogP contribution in [0.1, 0.15) is 6.92 Å². The van der Waals surface area contributed by atoms with Gasteiger partial charge in [-0.2, -0.15) is 4.98 Å². The molecule has 0 saturated carbocycles. The molecule has 0 fully saturated rings. The van der Waals surface area contributed by atoms with Gasteiger partial charge in [-0.15, -0.1) is 5.10 Å². The van der Waals surface area contributed by atoms with Crippen molar-refractivity contribution in [2.75, 3.05) is 6.61 Å². The van der Waals surface area contributed by atoms with E-state index in [1.807, 2.05) is 6.92 Å². The van der Waals surface area contributed by atoms with E-state index in [2.05, 4.69) is 15.2 Å². The van der Waals surface area contributed by atoms with Crippen LogP contribution in [0.25, 0.3) is 11.4 Å². The average Bonchev–Trinajstić information content (AvgIpc) is 2.67. The Kier molecular flexibility index (Phi) is 3.31. The largest absolute Gasteiger partial charge is 0.463 e. The molecule has 0 bridgehead atoms. The summed E-state index contributed by atoms with van der Waals surface area (Å²) in [7, 11) is 0. The fourth-order valence-corrected chi connectivity index (χ4v) is 1.74. The summed E-state index contributed by atoms with van der Waals surface area (Å²) in [6, 6.07) is 5.48. The summed E-state index contributed by atoms with van der Waals surface area (Å²) in [6.07, 6.45) is 0. The predicted molar refractivity (Wildman–Crippen MR) is 63.0 cm³/mol. The minimum Gasteiger partial charge on any atom is -0.463 e. The van der Waals surface area contributed by atoms with Crippen LogP contribution in [0, 0.1) is 0 Å².